The number of halogens is 3. The zero-order valence-electron chi connectivity index (χ0n) is 14.3. The van der Waals surface area contributed by atoms with Gasteiger partial charge in [-0.1, -0.05) is 17.3 Å². The van der Waals surface area contributed by atoms with Crippen molar-refractivity contribution in [2.45, 2.75) is 17.8 Å². The molecule has 146 valence electrons. The molecule has 12 heteroatoms. The number of rotatable bonds is 4. The molecule has 0 N–H and O–H groups in total. The molecule has 0 saturated heterocycles. The minimum absolute atomic E-state index is 0.0203. The van der Waals surface area contributed by atoms with Gasteiger partial charge in [-0.25, -0.2) is 14.2 Å². The lowest BCUT2D eigenvalue weighted by molar-refractivity contribution is -0.159. The number of amides is 1. The van der Waals surface area contributed by atoms with Crippen LogP contribution in [0.5, 0.6) is 0 Å². The Balaban J connectivity index is 1.75. The topological polar surface area (TPSA) is 111 Å². The largest absolute Gasteiger partial charge is 0.471 e. The van der Waals surface area contributed by atoms with Crippen LogP contribution in [0.2, 0.25) is 0 Å². The van der Waals surface area contributed by atoms with Gasteiger partial charge in [-0.3, -0.25) is 4.79 Å². The minimum atomic E-state index is -4.71. The van der Waals surface area contributed by atoms with Crippen molar-refractivity contribution in [3.8, 4) is 0 Å². The van der Waals surface area contributed by atoms with Crippen LogP contribution in [0.15, 0.2) is 56.8 Å². The zero-order chi connectivity index (χ0) is 20.4. The highest BCUT2D eigenvalue weighted by Gasteiger charge is 2.38. The summed E-state index contributed by atoms with van der Waals surface area (Å²) in [5.74, 6) is -2.30. The van der Waals surface area contributed by atoms with Crippen molar-refractivity contribution in [3.05, 3.63) is 65.6 Å². The average Bonchev–Trinajstić information content (AvgIpc) is 3.12. The van der Waals surface area contributed by atoms with Crippen LogP contribution in [0.1, 0.15) is 27.6 Å². The predicted octanol–water partition coefficient (Wildman–Crippen LogP) is 2.77. The molecule has 1 unspecified atom stereocenters. The molecule has 8 nitrogen and oxygen atoms in total. The molecule has 0 bridgehead atoms. The SMILES string of the molecule is CS(=O)(=NC(=O)c1ccc(Cc2noc(C(F)(F)F)n2)cc1)c1ncccn1. The molecule has 2 heterocycles. The number of carbonyl (C=O) groups is 1. The number of nitrogens with zero attached hydrogens (tertiary/aromatic N) is 5. The molecule has 1 atom stereocenters. The molecular weight excluding hydrogens is 399 g/mol. The third-order valence-corrected chi connectivity index (χ3v) is 4.81. The van der Waals surface area contributed by atoms with E-state index in [-0.39, 0.29) is 23.0 Å². The van der Waals surface area contributed by atoms with E-state index in [1.165, 1.54) is 42.9 Å². The highest BCUT2D eigenvalue weighted by molar-refractivity contribution is 7.93. The summed E-state index contributed by atoms with van der Waals surface area (Å²) in [4.78, 5) is 23.2. The molecule has 0 aliphatic rings. The summed E-state index contributed by atoms with van der Waals surface area (Å²) >= 11 is 0. The molecule has 3 aromatic rings. The molecule has 0 saturated carbocycles. The lowest BCUT2D eigenvalue weighted by Gasteiger charge is -2.02. The van der Waals surface area contributed by atoms with E-state index in [2.05, 4.69) is 29.0 Å². The molecule has 1 aromatic carbocycles. The second-order valence-electron chi connectivity index (χ2n) is 5.62. The Morgan fingerprint density at radius 2 is 1.82 bits per heavy atom. The molecule has 0 radical (unpaired) electrons. The van der Waals surface area contributed by atoms with Crippen molar-refractivity contribution < 1.29 is 26.7 Å². The van der Waals surface area contributed by atoms with Gasteiger partial charge in [0.25, 0.3) is 5.91 Å². The summed E-state index contributed by atoms with van der Waals surface area (Å²) in [5, 5.41) is 3.22. The quantitative estimate of drug-likeness (QED) is 0.607. The van der Waals surface area contributed by atoms with Gasteiger partial charge in [-0.15, -0.1) is 0 Å². The summed E-state index contributed by atoms with van der Waals surface area (Å²) in [6.07, 6.45) is -0.694. The van der Waals surface area contributed by atoms with Gasteiger partial charge in [0.2, 0.25) is 5.16 Å². The molecule has 28 heavy (non-hydrogen) atoms. The van der Waals surface area contributed by atoms with Crippen LogP contribution in [0.3, 0.4) is 0 Å². The van der Waals surface area contributed by atoms with Gasteiger partial charge in [-0.2, -0.15) is 22.5 Å². The first-order valence-electron chi connectivity index (χ1n) is 7.67. The zero-order valence-corrected chi connectivity index (χ0v) is 15.1. The van der Waals surface area contributed by atoms with Crippen LogP contribution in [0.4, 0.5) is 13.2 Å². The third-order valence-electron chi connectivity index (χ3n) is 3.41. The number of alkyl halides is 3. The van der Waals surface area contributed by atoms with Crippen molar-refractivity contribution in [2.24, 2.45) is 4.36 Å². The number of aromatic nitrogens is 4. The maximum Gasteiger partial charge on any atom is 0.471 e. The lowest BCUT2D eigenvalue weighted by atomic mass is 10.1. The summed E-state index contributed by atoms with van der Waals surface area (Å²) in [7, 11) is -3.11. The van der Waals surface area contributed by atoms with Crippen LogP contribution in [0.25, 0.3) is 0 Å². The van der Waals surface area contributed by atoms with E-state index in [0.717, 1.165) is 0 Å². The molecule has 0 aliphatic heterocycles. The van der Waals surface area contributed by atoms with Gasteiger partial charge in [0.1, 0.15) is 9.73 Å². The van der Waals surface area contributed by atoms with Crippen molar-refractivity contribution in [2.75, 3.05) is 6.26 Å². The fourth-order valence-electron chi connectivity index (χ4n) is 2.12. The van der Waals surface area contributed by atoms with Gasteiger partial charge in [0.05, 0.1) is 0 Å². The third kappa shape index (κ3) is 4.57. The summed E-state index contributed by atoms with van der Waals surface area (Å²) in [6.45, 7) is 0. The first-order valence-corrected chi connectivity index (χ1v) is 9.60. The predicted molar refractivity (Wildman–Crippen MR) is 89.7 cm³/mol. The van der Waals surface area contributed by atoms with Gasteiger partial charge in [0, 0.05) is 30.6 Å². The van der Waals surface area contributed by atoms with Gasteiger partial charge in [-0.05, 0) is 23.8 Å². The monoisotopic (exact) mass is 411 g/mol. The van der Waals surface area contributed by atoms with Crippen LogP contribution < -0.4 is 0 Å². The number of hydrogen-bond acceptors (Lipinski definition) is 7. The Bertz CT molecular complexity index is 1100. The second kappa shape index (κ2) is 7.46. The van der Waals surface area contributed by atoms with Crippen molar-refractivity contribution >= 4 is 15.6 Å². The summed E-state index contributed by atoms with van der Waals surface area (Å²) < 4.78 is 57.8. The van der Waals surface area contributed by atoms with Crippen molar-refractivity contribution in [1.82, 2.24) is 20.1 Å². The summed E-state index contributed by atoms with van der Waals surface area (Å²) in [6, 6.07) is 7.37. The normalized spacial score (nSPS) is 13.7. The van der Waals surface area contributed by atoms with Crippen molar-refractivity contribution in [3.63, 3.8) is 0 Å². The standard InChI is InChI=1S/C16H12F3N5O3S/c1-28(26,15-20-7-2-8-21-15)24-13(25)11-5-3-10(4-6-11)9-12-22-14(27-23-12)16(17,18)19/h2-8H,9H2,1H3. The van der Waals surface area contributed by atoms with E-state index >= 15 is 0 Å². The Kier molecular flexibility index (Phi) is 5.23. The highest BCUT2D eigenvalue weighted by atomic mass is 32.2. The van der Waals surface area contributed by atoms with Crippen LogP contribution in [0, 0.1) is 0 Å². The molecule has 0 fully saturated rings. The van der Waals surface area contributed by atoms with Gasteiger partial charge < -0.3 is 4.52 Å². The van der Waals surface area contributed by atoms with E-state index < -0.39 is 27.7 Å². The minimum Gasteiger partial charge on any atom is -0.329 e. The van der Waals surface area contributed by atoms with E-state index in [9.17, 15) is 22.2 Å². The maximum atomic E-state index is 12.5. The molecule has 0 aliphatic carbocycles. The molecule has 0 spiro atoms. The Labute approximate surface area is 157 Å². The van der Waals surface area contributed by atoms with E-state index in [0.29, 0.717) is 5.56 Å². The molecule has 2 aromatic heterocycles. The average molecular weight is 411 g/mol. The summed E-state index contributed by atoms with van der Waals surface area (Å²) in [5.41, 5.74) is 0.702. The highest BCUT2D eigenvalue weighted by Crippen LogP contribution is 2.27. The van der Waals surface area contributed by atoms with Crippen LogP contribution in [-0.2, 0) is 22.3 Å². The van der Waals surface area contributed by atoms with E-state index in [1.54, 1.807) is 6.07 Å². The Morgan fingerprint density at radius 3 is 2.39 bits per heavy atom. The molecular formula is C16H12F3N5O3S. The number of carbonyl (C=O) groups excluding carboxylic acids is 1. The fraction of sp³-hybridized carbons (Fsp3) is 0.188. The molecule has 1 amide bonds. The second-order valence-corrected chi connectivity index (χ2v) is 7.77. The first-order chi connectivity index (χ1) is 13.1. The van der Waals surface area contributed by atoms with Gasteiger partial charge in [0.15, 0.2) is 5.82 Å². The van der Waals surface area contributed by atoms with Crippen LogP contribution in [-0.4, -0.2) is 36.5 Å². The maximum absolute atomic E-state index is 12.5. The van der Waals surface area contributed by atoms with Crippen LogP contribution >= 0.6 is 0 Å². The lowest BCUT2D eigenvalue weighted by Crippen LogP contribution is -2.07. The smallest absolute Gasteiger partial charge is 0.329 e. The Morgan fingerprint density at radius 1 is 1.18 bits per heavy atom. The first kappa shape index (κ1) is 19.6. The van der Waals surface area contributed by atoms with Gasteiger partial charge >= 0.3 is 12.1 Å². The number of benzene rings is 1. The fourth-order valence-corrected chi connectivity index (χ4v) is 3.14. The number of hydrogen-bond donors (Lipinski definition) is 0. The van der Waals surface area contributed by atoms with Crippen molar-refractivity contribution in [1.29, 1.82) is 0 Å². The van der Waals surface area contributed by atoms with E-state index in [1.807, 2.05) is 0 Å². The van der Waals surface area contributed by atoms with E-state index in [4.69, 9.17) is 0 Å². The molecule has 3 rings (SSSR count). The Hall–Kier alpha value is -3.15.